The molecule has 1 atom stereocenters. The van der Waals surface area contributed by atoms with E-state index in [1.807, 2.05) is 0 Å². The highest BCUT2D eigenvalue weighted by molar-refractivity contribution is 6.42. The molecule has 1 aliphatic heterocycles. The number of anilines is 3. The van der Waals surface area contributed by atoms with Crippen LogP contribution in [0.2, 0.25) is 10.0 Å². The molecule has 2 aromatic rings. The summed E-state index contributed by atoms with van der Waals surface area (Å²) in [5, 5.41) is 15.1. The van der Waals surface area contributed by atoms with E-state index >= 15 is 0 Å². The van der Waals surface area contributed by atoms with Gasteiger partial charge in [0.25, 0.3) is 0 Å². The standard InChI is InChI=1S/C14H15Cl2N5O/c15-11-4-3-9(6-12(11)16)19-14-20-13(8-18-21-14)17-7-10-2-1-5-22-10/h3-4,6,8,10H,1-2,5,7H2,(H2,17,19,20,21). The molecule has 1 aliphatic rings. The van der Waals surface area contributed by atoms with Gasteiger partial charge in [0.2, 0.25) is 5.95 Å². The Bertz CT molecular complexity index is 649. The van der Waals surface area contributed by atoms with Crippen molar-refractivity contribution in [3.05, 3.63) is 34.4 Å². The summed E-state index contributed by atoms with van der Waals surface area (Å²) in [5.41, 5.74) is 0.743. The molecule has 2 heterocycles. The lowest BCUT2D eigenvalue weighted by atomic mass is 10.2. The summed E-state index contributed by atoms with van der Waals surface area (Å²) in [4.78, 5) is 4.35. The molecule has 1 fully saturated rings. The smallest absolute Gasteiger partial charge is 0.249 e. The molecule has 1 unspecified atom stereocenters. The Labute approximate surface area is 138 Å². The van der Waals surface area contributed by atoms with E-state index in [9.17, 15) is 0 Å². The average Bonchev–Trinajstić information content (AvgIpc) is 3.03. The van der Waals surface area contributed by atoms with Gasteiger partial charge in [-0.05, 0) is 31.0 Å². The Hall–Kier alpha value is -1.63. The van der Waals surface area contributed by atoms with Gasteiger partial charge in [-0.2, -0.15) is 10.1 Å². The summed E-state index contributed by atoms with van der Waals surface area (Å²) < 4.78 is 5.56. The first-order valence-corrected chi connectivity index (χ1v) is 7.73. The van der Waals surface area contributed by atoms with E-state index in [0.717, 1.165) is 25.1 Å². The minimum atomic E-state index is 0.237. The fourth-order valence-electron chi connectivity index (χ4n) is 2.17. The van der Waals surface area contributed by atoms with Gasteiger partial charge in [0.15, 0.2) is 5.82 Å². The molecule has 0 spiro atoms. The molecule has 8 heteroatoms. The molecule has 0 amide bonds. The molecule has 1 aromatic heterocycles. The Kier molecular flexibility index (Phi) is 4.92. The van der Waals surface area contributed by atoms with E-state index in [2.05, 4.69) is 25.8 Å². The van der Waals surface area contributed by atoms with Gasteiger partial charge in [0, 0.05) is 18.8 Å². The fraction of sp³-hybridized carbons (Fsp3) is 0.357. The number of benzene rings is 1. The van der Waals surface area contributed by atoms with Crippen LogP contribution in [0.25, 0.3) is 0 Å². The molecule has 6 nitrogen and oxygen atoms in total. The van der Waals surface area contributed by atoms with Gasteiger partial charge in [-0.25, -0.2) is 0 Å². The lowest BCUT2D eigenvalue weighted by Gasteiger charge is -2.11. The van der Waals surface area contributed by atoms with Crippen molar-refractivity contribution in [2.24, 2.45) is 0 Å². The largest absolute Gasteiger partial charge is 0.376 e. The number of hydrogen-bond donors (Lipinski definition) is 2. The van der Waals surface area contributed by atoms with Crippen molar-refractivity contribution < 1.29 is 4.74 Å². The van der Waals surface area contributed by atoms with Gasteiger partial charge in [0.1, 0.15) is 0 Å². The van der Waals surface area contributed by atoms with Crippen LogP contribution in [0.15, 0.2) is 24.4 Å². The maximum absolute atomic E-state index is 5.98. The van der Waals surface area contributed by atoms with Crippen LogP contribution in [0.1, 0.15) is 12.8 Å². The average molecular weight is 340 g/mol. The summed E-state index contributed by atoms with van der Waals surface area (Å²) in [6.07, 6.45) is 3.99. The van der Waals surface area contributed by atoms with Gasteiger partial charge in [0.05, 0.1) is 22.3 Å². The van der Waals surface area contributed by atoms with Gasteiger partial charge in [-0.15, -0.1) is 5.10 Å². The highest BCUT2D eigenvalue weighted by Crippen LogP contribution is 2.26. The molecule has 1 aromatic carbocycles. The molecule has 2 N–H and O–H groups in total. The topological polar surface area (TPSA) is 72.0 Å². The van der Waals surface area contributed by atoms with Crippen LogP contribution >= 0.6 is 23.2 Å². The Morgan fingerprint density at radius 3 is 2.95 bits per heavy atom. The van der Waals surface area contributed by atoms with Gasteiger partial charge in [-0.3, -0.25) is 0 Å². The van der Waals surface area contributed by atoms with Crippen molar-refractivity contribution in [2.75, 3.05) is 23.8 Å². The highest BCUT2D eigenvalue weighted by atomic mass is 35.5. The minimum absolute atomic E-state index is 0.237. The van der Waals surface area contributed by atoms with Crippen molar-refractivity contribution >= 4 is 40.7 Å². The van der Waals surface area contributed by atoms with Gasteiger partial charge >= 0.3 is 0 Å². The second-order valence-corrected chi connectivity index (χ2v) is 5.75. The molecule has 0 saturated carbocycles. The molecule has 0 bridgehead atoms. The van der Waals surface area contributed by atoms with Gasteiger partial charge in [-0.1, -0.05) is 23.2 Å². The van der Waals surface area contributed by atoms with E-state index in [1.165, 1.54) is 0 Å². The van der Waals surface area contributed by atoms with Crippen molar-refractivity contribution in [1.82, 2.24) is 15.2 Å². The molecule has 1 saturated heterocycles. The molecule has 22 heavy (non-hydrogen) atoms. The second kappa shape index (κ2) is 7.09. The summed E-state index contributed by atoms with van der Waals surface area (Å²) in [6.45, 7) is 1.55. The predicted molar refractivity (Wildman–Crippen MR) is 87.0 cm³/mol. The van der Waals surface area contributed by atoms with E-state index in [0.29, 0.717) is 28.4 Å². The van der Waals surface area contributed by atoms with Crippen LogP contribution in [0, 0.1) is 0 Å². The van der Waals surface area contributed by atoms with Crippen LogP contribution in [0.3, 0.4) is 0 Å². The Balaban J connectivity index is 1.63. The number of nitrogens with one attached hydrogen (secondary N) is 2. The maximum atomic E-state index is 5.98. The first-order chi connectivity index (χ1) is 10.7. The maximum Gasteiger partial charge on any atom is 0.249 e. The van der Waals surface area contributed by atoms with Crippen LogP contribution < -0.4 is 10.6 Å². The zero-order valence-electron chi connectivity index (χ0n) is 11.7. The zero-order valence-corrected chi connectivity index (χ0v) is 13.2. The first kappa shape index (κ1) is 15.3. The monoisotopic (exact) mass is 339 g/mol. The van der Waals surface area contributed by atoms with Crippen LogP contribution in [-0.4, -0.2) is 34.4 Å². The summed E-state index contributed by atoms with van der Waals surface area (Å²) in [6, 6.07) is 5.21. The number of hydrogen-bond acceptors (Lipinski definition) is 6. The molecule has 0 aliphatic carbocycles. The van der Waals surface area contributed by atoms with Crippen molar-refractivity contribution in [2.45, 2.75) is 18.9 Å². The summed E-state index contributed by atoms with van der Waals surface area (Å²) in [7, 11) is 0. The van der Waals surface area contributed by atoms with E-state index < -0.39 is 0 Å². The second-order valence-electron chi connectivity index (χ2n) is 4.94. The molecular formula is C14H15Cl2N5O. The van der Waals surface area contributed by atoms with E-state index in [-0.39, 0.29) is 6.10 Å². The summed E-state index contributed by atoms with van der Waals surface area (Å²) >= 11 is 11.9. The Morgan fingerprint density at radius 1 is 1.27 bits per heavy atom. The number of aromatic nitrogens is 3. The zero-order chi connectivity index (χ0) is 15.4. The van der Waals surface area contributed by atoms with Crippen LogP contribution in [-0.2, 0) is 4.74 Å². The molecule has 3 rings (SSSR count). The fourth-order valence-corrected chi connectivity index (χ4v) is 2.47. The minimum Gasteiger partial charge on any atom is -0.376 e. The number of nitrogens with zero attached hydrogens (tertiary/aromatic N) is 3. The lowest BCUT2D eigenvalue weighted by Crippen LogP contribution is -2.19. The Morgan fingerprint density at radius 2 is 2.18 bits per heavy atom. The van der Waals surface area contributed by atoms with E-state index in [1.54, 1.807) is 24.4 Å². The lowest BCUT2D eigenvalue weighted by molar-refractivity contribution is 0.120. The first-order valence-electron chi connectivity index (χ1n) is 6.98. The van der Waals surface area contributed by atoms with Crippen LogP contribution in [0.5, 0.6) is 0 Å². The number of ether oxygens (including phenoxy) is 1. The van der Waals surface area contributed by atoms with Crippen molar-refractivity contribution in [3.8, 4) is 0 Å². The normalized spacial score (nSPS) is 17.5. The quantitative estimate of drug-likeness (QED) is 0.868. The molecule has 116 valence electrons. The van der Waals surface area contributed by atoms with Crippen molar-refractivity contribution in [3.63, 3.8) is 0 Å². The third-order valence-corrected chi connectivity index (χ3v) is 4.01. The molecule has 0 radical (unpaired) electrons. The molecular weight excluding hydrogens is 325 g/mol. The summed E-state index contributed by atoms with van der Waals surface area (Å²) in [5.74, 6) is 1.03. The number of halogens is 2. The third-order valence-electron chi connectivity index (χ3n) is 3.27. The highest BCUT2D eigenvalue weighted by Gasteiger charge is 2.15. The van der Waals surface area contributed by atoms with Crippen LogP contribution in [0.4, 0.5) is 17.5 Å². The van der Waals surface area contributed by atoms with Gasteiger partial charge < -0.3 is 15.4 Å². The number of rotatable bonds is 5. The van der Waals surface area contributed by atoms with Crippen molar-refractivity contribution in [1.29, 1.82) is 0 Å². The predicted octanol–water partition coefficient (Wildman–Crippen LogP) is 3.51. The third kappa shape index (κ3) is 3.97. The SMILES string of the molecule is Clc1ccc(Nc2nncc(NCC3CCCO3)n2)cc1Cl. The van der Waals surface area contributed by atoms with E-state index in [4.69, 9.17) is 27.9 Å².